The van der Waals surface area contributed by atoms with Crippen LogP contribution in [0.25, 0.3) is 28.1 Å². The highest BCUT2D eigenvalue weighted by molar-refractivity contribution is 5.86. The molecule has 0 spiro atoms. The first-order valence-electron chi connectivity index (χ1n) is 10.9. The molecule has 0 saturated heterocycles. The van der Waals surface area contributed by atoms with E-state index in [-0.39, 0.29) is 12.2 Å². The fourth-order valence-corrected chi connectivity index (χ4v) is 4.31. The maximum Gasteiger partial charge on any atom is 0.418 e. The first kappa shape index (κ1) is 23.2. The van der Waals surface area contributed by atoms with Crippen molar-refractivity contribution in [1.82, 2.24) is 14.1 Å². The van der Waals surface area contributed by atoms with Crippen molar-refractivity contribution in [2.45, 2.75) is 12.7 Å². The lowest BCUT2D eigenvalue weighted by atomic mass is 9.97. The van der Waals surface area contributed by atoms with Gasteiger partial charge in [0.15, 0.2) is 0 Å². The van der Waals surface area contributed by atoms with Gasteiger partial charge in [0.25, 0.3) is 0 Å². The number of hydrogen-bond donors (Lipinski definition) is 2. The lowest BCUT2D eigenvalue weighted by Gasteiger charge is -2.22. The number of nitrogens with zero attached hydrogens (tertiary/aromatic N) is 3. The molecule has 0 saturated carbocycles. The fraction of sp³-hybridized carbons (Fsp3) is 0.160. The molecule has 36 heavy (non-hydrogen) atoms. The van der Waals surface area contributed by atoms with Crippen LogP contribution in [0.5, 0.6) is 0 Å². The van der Waals surface area contributed by atoms with E-state index in [0.717, 1.165) is 16.2 Å². The molecule has 11 heteroatoms. The van der Waals surface area contributed by atoms with E-state index in [2.05, 4.69) is 20.4 Å². The van der Waals surface area contributed by atoms with Gasteiger partial charge < -0.3 is 10.1 Å². The van der Waals surface area contributed by atoms with Crippen LogP contribution in [0.1, 0.15) is 11.3 Å². The molecule has 0 radical (unpaired) electrons. The van der Waals surface area contributed by atoms with Crippen molar-refractivity contribution < 1.29 is 22.7 Å². The topological polar surface area (TPSA) is 90.2 Å². The van der Waals surface area contributed by atoms with Crippen LogP contribution < -0.4 is 16.3 Å². The number of imidazole rings is 1. The summed E-state index contributed by atoms with van der Waals surface area (Å²) in [4.78, 5) is 28.8. The van der Waals surface area contributed by atoms with Crippen LogP contribution in [0.15, 0.2) is 65.6 Å². The summed E-state index contributed by atoms with van der Waals surface area (Å²) in [6.07, 6.45) is -3.73. The number of benzene rings is 2. The number of pyridine rings is 1. The van der Waals surface area contributed by atoms with E-state index in [1.165, 1.54) is 29.9 Å². The Labute approximate surface area is 203 Å². The van der Waals surface area contributed by atoms with Crippen LogP contribution in [0.3, 0.4) is 0 Å². The van der Waals surface area contributed by atoms with Crippen molar-refractivity contribution in [1.29, 1.82) is 0 Å². The standard InChI is InChI=1S/C25H20F3N5O3/c1-32-20-13-29-18-9-7-14(15-8-10-21(30-12-15)31-23(34)36-2)11-16(18)22(20)33(24(32)35)19-6-4-3-5-17(19)25(26,27)28/h3-12,29H,13H2,1-2H3,(H,30,31,34). The minimum absolute atomic E-state index is 0.231. The third-order valence-electron chi connectivity index (χ3n) is 6.06. The van der Waals surface area contributed by atoms with Gasteiger partial charge in [-0.05, 0) is 42.0 Å². The molecular weight excluding hydrogens is 475 g/mol. The summed E-state index contributed by atoms with van der Waals surface area (Å²) in [5.41, 5.74) is 1.97. The Morgan fingerprint density at radius 3 is 2.56 bits per heavy atom. The third kappa shape index (κ3) is 3.88. The molecule has 4 aromatic rings. The van der Waals surface area contributed by atoms with Crippen molar-refractivity contribution in [3.8, 4) is 28.1 Å². The minimum atomic E-state index is -4.64. The Balaban J connectivity index is 1.66. The van der Waals surface area contributed by atoms with Gasteiger partial charge in [0.1, 0.15) is 5.82 Å². The second kappa shape index (κ2) is 8.59. The van der Waals surface area contributed by atoms with Crippen molar-refractivity contribution in [3.63, 3.8) is 0 Å². The summed E-state index contributed by atoms with van der Waals surface area (Å²) in [7, 11) is 2.79. The van der Waals surface area contributed by atoms with E-state index in [4.69, 9.17) is 0 Å². The minimum Gasteiger partial charge on any atom is -0.453 e. The van der Waals surface area contributed by atoms with Gasteiger partial charge in [0, 0.05) is 30.1 Å². The summed E-state index contributed by atoms with van der Waals surface area (Å²) in [5, 5.41) is 5.71. The molecule has 3 heterocycles. The van der Waals surface area contributed by atoms with Gasteiger partial charge in [-0.1, -0.05) is 18.2 Å². The van der Waals surface area contributed by atoms with Gasteiger partial charge in [0.2, 0.25) is 0 Å². The van der Waals surface area contributed by atoms with Crippen LogP contribution in [0.4, 0.5) is 29.5 Å². The molecule has 1 amide bonds. The van der Waals surface area contributed by atoms with Gasteiger partial charge >= 0.3 is 18.0 Å². The fourth-order valence-electron chi connectivity index (χ4n) is 4.31. The van der Waals surface area contributed by atoms with Crippen molar-refractivity contribution in [2.24, 2.45) is 7.05 Å². The molecule has 184 valence electrons. The quantitative estimate of drug-likeness (QED) is 0.416. The molecule has 0 fully saturated rings. The molecule has 1 aliphatic heterocycles. The maximum absolute atomic E-state index is 13.8. The SMILES string of the molecule is COC(=O)Nc1ccc(-c2ccc3c(c2)-c2c(n(C)c(=O)n2-c2ccccc2C(F)(F)F)CN3)cn1. The Bertz CT molecular complexity index is 1540. The number of hydrogen-bond acceptors (Lipinski definition) is 5. The third-order valence-corrected chi connectivity index (χ3v) is 6.06. The molecule has 0 bridgehead atoms. The molecule has 8 nitrogen and oxygen atoms in total. The zero-order chi connectivity index (χ0) is 25.6. The van der Waals surface area contributed by atoms with E-state index in [9.17, 15) is 22.8 Å². The number of halogens is 3. The second-order valence-corrected chi connectivity index (χ2v) is 8.15. The molecule has 0 atom stereocenters. The highest BCUT2D eigenvalue weighted by atomic mass is 19.4. The number of nitrogens with one attached hydrogen (secondary N) is 2. The number of ether oxygens (including phenoxy) is 1. The Morgan fingerprint density at radius 1 is 1.11 bits per heavy atom. The highest BCUT2D eigenvalue weighted by Gasteiger charge is 2.36. The van der Waals surface area contributed by atoms with Gasteiger partial charge in [-0.15, -0.1) is 0 Å². The van der Waals surface area contributed by atoms with E-state index >= 15 is 0 Å². The molecule has 1 aliphatic rings. The maximum atomic E-state index is 13.8. The Kier molecular flexibility index (Phi) is 5.54. The number of methoxy groups -OCH3 is 1. The first-order chi connectivity index (χ1) is 17.2. The van der Waals surface area contributed by atoms with Crippen LogP contribution >= 0.6 is 0 Å². The number of carbonyl (C=O) groups is 1. The summed E-state index contributed by atoms with van der Waals surface area (Å²) in [6, 6.07) is 13.8. The number of fused-ring (bicyclic) bond motifs is 3. The van der Waals surface area contributed by atoms with Crippen molar-refractivity contribution in [2.75, 3.05) is 17.7 Å². The normalized spacial score (nSPS) is 12.4. The predicted octanol–water partition coefficient (Wildman–Crippen LogP) is 5.03. The summed E-state index contributed by atoms with van der Waals surface area (Å²) >= 11 is 0. The Morgan fingerprint density at radius 2 is 1.86 bits per heavy atom. The lowest BCUT2D eigenvalue weighted by molar-refractivity contribution is -0.137. The monoisotopic (exact) mass is 495 g/mol. The first-order valence-corrected chi connectivity index (χ1v) is 10.9. The summed E-state index contributed by atoms with van der Waals surface area (Å²) in [6.45, 7) is 0.282. The summed E-state index contributed by atoms with van der Waals surface area (Å²) in [5.74, 6) is 0.299. The molecular formula is C25H20F3N5O3. The molecule has 2 N–H and O–H groups in total. The molecule has 0 unspecified atom stereocenters. The van der Waals surface area contributed by atoms with Crippen LogP contribution in [-0.4, -0.2) is 27.3 Å². The predicted molar refractivity (Wildman–Crippen MR) is 128 cm³/mol. The summed E-state index contributed by atoms with van der Waals surface area (Å²) < 4.78 is 48.6. The van der Waals surface area contributed by atoms with Gasteiger partial charge in [-0.25, -0.2) is 14.6 Å². The zero-order valence-corrected chi connectivity index (χ0v) is 19.2. The van der Waals surface area contributed by atoms with E-state index < -0.39 is 23.5 Å². The van der Waals surface area contributed by atoms with Crippen LogP contribution in [0.2, 0.25) is 0 Å². The molecule has 5 rings (SSSR count). The molecule has 0 aliphatic carbocycles. The van der Waals surface area contributed by atoms with E-state index in [1.807, 2.05) is 12.1 Å². The van der Waals surface area contributed by atoms with Gasteiger partial charge in [-0.2, -0.15) is 13.2 Å². The number of anilines is 2. The number of rotatable bonds is 3. The second-order valence-electron chi connectivity index (χ2n) is 8.15. The van der Waals surface area contributed by atoms with E-state index in [0.29, 0.717) is 34.0 Å². The van der Waals surface area contributed by atoms with Gasteiger partial charge in [0.05, 0.1) is 36.3 Å². The molecule has 2 aromatic heterocycles. The number of para-hydroxylation sites is 1. The molecule has 2 aromatic carbocycles. The zero-order valence-electron chi connectivity index (χ0n) is 19.2. The van der Waals surface area contributed by atoms with Crippen LogP contribution in [0, 0.1) is 0 Å². The number of aromatic nitrogens is 3. The number of amides is 1. The lowest BCUT2D eigenvalue weighted by Crippen LogP contribution is -2.24. The largest absolute Gasteiger partial charge is 0.453 e. The van der Waals surface area contributed by atoms with Crippen LogP contribution in [-0.2, 0) is 24.5 Å². The smallest absolute Gasteiger partial charge is 0.418 e. The van der Waals surface area contributed by atoms with E-state index in [1.54, 1.807) is 31.4 Å². The number of carbonyl (C=O) groups excluding carboxylic acids is 1. The van der Waals surface area contributed by atoms with Crippen molar-refractivity contribution >= 4 is 17.6 Å². The van der Waals surface area contributed by atoms with Gasteiger partial charge in [-0.3, -0.25) is 14.5 Å². The highest BCUT2D eigenvalue weighted by Crippen LogP contribution is 2.41. The number of alkyl halides is 3. The average Bonchev–Trinajstić information content (AvgIpc) is 3.13. The average molecular weight is 495 g/mol. The Hall–Kier alpha value is -4.54. The van der Waals surface area contributed by atoms with Crippen molar-refractivity contribution in [3.05, 3.63) is 82.5 Å².